The quantitative estimate of drug-likeness (QED) is 0.588. The van der Waals surface area contributed by atoms with Crippen LogP contribution in [0.5, 0.6) is 0 Å². The largest absolute Gasteiger partial charge is 0.490 e. The Labute approximate surface area is 188 Å². The predicted molar refractivity (Wildman–Crippen MR) is 117 cm³/mol. The molecule has 33 heavy (non-hydrogen) atoms. The molecular formula is C23H25F3N2O5. The van der Waals surface area contributed by atoms with E-state index in [1.165, 1.54) is 12.8 Å². The maximum atomic E-state index is 12.4. The zero-order valence-corrected chi connectivity index (χ0v) is 18.0. The number of anilines is 2. The number of carbonyl (C=O) groups excluding carboxylic acids is 1. The molecule has 0 saturated carbocycles. The van der Waals surface area contributed by atoms with E-state index in [-0.39, 0.29) is 11.5 Å². The summed E-state index contributed by atoms with van der Waals surface area (Å²) >= 11 is 0. The number of carboxylic acid groups (broad SMARTS) is 2. The maximum Gasteiger partial charge on any atom is 0.490 e. The lowest BCUT2D eigenvalue weighted by atomic mass is 10.1. The molecule has 0 aromatic heterocycles. The fraction of sp³-hybridized carbons (Fsp3) is 0.348. The zero-order chi connectivity index (χ0) is 24.6. The molecule has 3 N–H and O–H groups in total. The summed E-state index contributed by atoms with van der Waals surface area (Å²) in [6.45, 7) is 3.67. The minimum absolute atomic E-state index is 0.231. The number of amides is 1. The Balaban J connectivity index is 0.000000479. The van der Waals surface area contributed by atoms with Crippen molar-refractivity contribution in [3.05, 3.63) is 59.2 Å². The number of halogens is 3. The Morgan fingerprint density at radius 2 is 1.55 bits per heavy atom. The molecule has 1 fully saturated rings. The third-order valence-electron chi connectivity index (χ3n) is 4.95. The van der Waals surface area contributed by atoms with Crippen LogP contribution >= 0.6 is 0 Å². The molecule has 7 nitrogen and oxygen atoms in total. The highest BCUT2D eigenvalue weighted by atomic mass is 19.4. The third kappa shape index (κ3) is 7.81. The van der Waals surface area contributed by atoms with Gasteiger partial charge >= 0.3 is 18.1 Å². The summed E-state index contributed by atoms with van der Waals surface area (Å²) in [6.07, 6.45) is -0.567. The number of benzene rings is 2. The predicted octanol–water partition coefficient (Wildman–Crippen LogP) is 4.96. The SMILES string of the molecule is Cc1cccc(C(=O)Nc2ccc(N3CCCCCC3)c(C(=O)O)c2)c1.O=C(O)C(F)(F)F. The molecule has 0 aliphatic carbocycles. The van der Waals surface area contributed by atoms with Crippen LogP contribution in [0.25, 0.3) is 0 Å². The van der Waals surface area contributed by atoms with Crippen LogP contribution in [0.1, 0.15) is 52.0 Å². The van der Waals surface area contributed by atoms with Gasteiger partial charge in [-0.3, -0.25) is 4.79 Å². The molecule has 1 aliphatic heterocycles. The van der Waals surface area contributed by atoms with E-state index in [1.54, 1.807) is 30.3 Å². The summed E-state index contributed by atoms with van der Waals surface area (Å²) < 4.78 is 31.7. The van der Waals surface area contributed by atoms with Crippen molar-refractivity contribution in [2.24, 2.45) is 0 Å². The number of hydrogen-bond donors (Lipinski definition) is 3. The molecular weight excluding hydrogens is 441 g/mol. The van der Waals surface area contributed by atoms with Crippen LogP contribution in [0, 0.1) is 6.92 Å². The van der Waals surface area contributed by atoms with Gasteiger partial charge in [0.1, 0.15) is 0 Å². The summed E-state index contributed by atoms with van der Waals surface area (Å²) in [4.78, 5) is 35.2. The Morgan fingerprint density at radius 1 is 0.939 bits per heavy atom. The van der Waals surface area contributed by atoms with E-state index < -0.39 is 18.1 Å². The first kappa shape index (κ1) is 25.7. The highest BCUT2D eigenvalue weighted by Gasteiger charge is 2.38. The summed E-state index contributed by atoms with van der Waals surface area (Å²) in [7, 11) is 0. The molecule has 1 aliphatic rings. The second kappa shape index (κ2) is 11.3. The molecule has 1 saturated heterocycles. The van der Waals surface area contributed by atoms with Gasteiger partial charge in [0.15, 0.2) is 0 Å². The molecule has 2 aromatic carbocycles. The van der Waals surface area contributed by atoms with Crippen molar-refractivity contribution in [2.45, 2.75) is 38.8 Å². The fourth-order valence-electron chi connectivity index (χ4n) is 3.36. The number of aliphatic carboxylic acids is 1. The second-order valence-corrected chi connectivity index (χ2v) is 7.56. The van der Waals surface area contributed by atoms with Gasteiger partial charge in [0.05, 0.1) is 11.3 Å². The number of carboxylic acids is 2. The number of aromatic carboxylic acids is 1. The topological polar surface area (TPSA) is 107 Å². The zero-order valence-electron chi connectivity index (χ0n) is 18.0. The van der Waals surface area contributed by atoms with Crippen LogP contribution in [0.3, 0.4) is 0 Å². The highest BCUT2D eigenvalue weighted by Crippen LogP contribution is 2.27. The van der Waals surface area contributed by atoms with Crippen LogP contribution < -0.4 is 10.2 Å². The van der Waals surface area contributed by atoms with Crippen LogP contribution in [0.4, 0.5) is 24.5 Å². The normalized spacial score (nSPS) is 13.9. The van der Waals surface area contributed by atoms with Crippen molar-refractivity contribution in [2.75, 3.05) is 23.3 Å². The summed E-state index contributed by atoms with van der Waals surface area (Å²) in [5.74, 6) is -3.98. The van der Waals surface area contributed by atoms with Crippen LogP contribution in [0.15, 0.2) is 42.5 Å². The van der Waals surface area contributed by atoms with E-state index >= 15 is 0 Å². The van der Waals surface area contributed by atoms with Crippen molar-refractivity contribution in [3.8, 4) is 0 Å². The Bertz CT molecular complexity index is 1000. The van der Waals surface area contributed by atoms with E-state index in [4.69, 9.17) is 9.90 Å². The minimum atomic E-state index is -5.08. The summed E-state index contributed by atoms with van der Waals surface area (Å²) in [5, 5.41) is 19.6. The van der Waals surface area contributed by atoms with Gasteiger partial charge in [-0.05, 0) is 50.1 Å². The van der Waals surface area contributed by atoms with Crippen molar-refractivity contribution in [1.82, 2.24) is 0 Å². The molecule has 0 radical (unpaired) electrons. The summed E-state index contributed by atoms with van der Waals surface area (Å²) in [6, 6.07) is 12.4. The van der Waals surface area contributed by atoms with Gasteiger partial charge in [0, 0.05) is 24.3 Å². The highest BCUT2D eigenvalue weighted by molar-refractivity contribution is 6.05. The Morgan fingerprint density at radius 3 is 2.06 bits per heavy atom. The number of aryl methyl sites for hydroxylation is 1. The minimum Gasteiger partial charge on any atom is -0.478 e. The molecule has 2 aromatic rings. The van der Waals surface area contributed by atoms with E-state index in [2.05, 4.69) is 10.2 Å². The molecule has 0 atom stereocenters. The lowest BCUT2D eigenvalue weighted by Crippen LogP contribution is -2.26. The average molecular weight is 466 g/mol. The summed E-state index contributed by atoms with van der Waals surface area (Å²) in [5.41, 5.74) is 3.01. The number of alkyl halides is 3. The first-order chi connectivity index (χ1) is 15.5. The number of carbonyl (C=O) groups is 3. The lowest BCUT2D eigenvalue weighted by Gasteiger charge is -2.24. The number of nitrogens with zero attached hydrogens (tertiary/aromatic N) is 1. The molecule has 0 bridgehead atoms. The van der Waals surface area contributed by atoms with E-state index in [9.17, 15) is 27.9 Å². The molecule has 1 amide bonds. The molecule has 3 rings (SSSR count). The van der Waals surface area contributed by atoms with E-state index in [1.807, 2.05) is 19.1 Å². The Kier molecular flexibility index (Phi) is 8.84. The number of hydrogen-bond acceptors (Lipinski definition) is 4. The standard InChI is InChI=1S/C21H24N2O3.C2HF3O2/c1-15-7-6-8-16(13-15)20(24)22-17-9-10-19(18(14-17)21(25)26)23-11-4-2-3-5-12-23;3-2(4,5)1(6)7/h6-10,13-14H,2-5,11-12H2,1H3,(H,22,24)(H,25,26);(H,6,7). The number of rotatable bonds is 4. The van der Waals surface area contributed by atoms with Gasteiger partial charge in [-0.15, -0.1) is 0 Å². The first-order valence-electron chi connectivity index (χ1n) is 10.3. The van der Waals surface area contributed by atoms with Crippen molar-refractivity contribution in [3.63, 3.8) is 0 Å². The van der Waals surface area contributed by atoms with E-state index in [0.29, 0.717) is 11.3 Å². The van der Waals surface area contributed by atoms with Gasteiger partial charge in [-0.25, -0.2) is 9.59 Å². The average Bonchev–Trinajstić information content (AvgIpc) is 3.03. The van der Waals surface area contributed by atoms with Gasteiger partial charge < -0.3 is 20.4 Å². The Hall–Kier alpha value is -3.56. The number of nitrogens with one attached hydrogen (secondary N) is 1. The van der Waals surface area contributed by atoms with Crippen molar-refractivity contribution >= 4 is 29.2 Å². The van der Waals surface area contributed by atoms with Gasteiger partial charge in [0.25, 0.3) is 5.91 Å². The van der Waals surface area contributed by atoms with Crippen molar-refractivity contribution < 1.29 is 37.8 Å². The first-order valence-corrected chi connectivity index (χ1v) is 10.3. The van der Waals surface area contributed by atoms with Crippen molar-refractivity contribution in [1.29, 1.82) is 0 Å². The van der Waals surface area contributed by atoms with Crippen LogP contribution in [-0.4, -0.2) is 47.3 Å². The molecule has 0 unspecified atom stereocenters. The molecule has 10 heteroatoms. The van der Waals surface area contributed by atoms with Crippen LogP contribution in [0.2, 0.25) is 0 Å². The smallest absolute Gasteiger partial charge is 0.478 e. The van der Waals surface area contributed by atoms with Gasteiger partial charge in [-0.2, -0.15) is 13.2 Å². The monoisotopic (exact) mass is 466 g/mol. The maximum absolute atomic E-state index is 12.4. The van der Waals surface area contributed by atoms with Gasteiger partial charge in [-0.1, -0.05) is 30.5 Å². The molecule has 1 heterocycles. The molecule has 178 valence electrons. The second-order valence-electron chi connectivity index (χ2n) is 7.56. The van der Waals surface area contributed by atoms with Crippen LogP contribution in [-0.2, 0) is 4.79 Å². The van der Waals surface area contributed by atoms with E-state index in [0.717, 1.165) is 37.2 Å². The third-order valence-corrected chi connectivity index (χ3v) is 4.95. The molecule has 0 spiro atoms. The fourth-order valence-corrected chi connectivity index (χ4v) is 3.36. The van der Waals surface area contributed by atoms with Gasteiger partial charge in [0.2, 0.25) is 0 Å². The lowest BCUT2D eigenvalue weighted by molar-refractivity contribution is -0.192.